The van der Waals surface area contributed by atoms with Crippen LogP contribution >= 0.6 is 48.0 Å². The van der Waals surface area contributed by atoms with Crippen molar-refractivity contribution >= 4 is 64.8 Å². The van der Waals surface area contributed by atoms with E-state index in [4.69, 9.17) is 23.2 Å². The summed E-state index contributed by atoms with van der Waals surface area (Å²) in [5, 5.41) is 2.67. The van der Waals surface area contributed by atoms with Gasteiger partial charge in [-0.2, -0.15) is 0 Å². The first-order valence-electron chi connectivity index (χ1n) is 13.3. The van der Waals surface area contributed by atoms with E-state index < -0.39 is 0 Å². The first-order valence-corrected chi connectivity index (χ1v) is 14.0. The lowest BCUT2D eigenvalue weighted by Gasteiger charge is -2.38. The molecule has 0 radical (unpaired) electrons. The average molecular weight is 600 g/mol. The number of para-hydroxylation sites is 1. The average Bonchev–Trinajstić information content (AvgIpc) is 3.27. The Bertz CT molecular complexity index is 1200. The van der Waals surface area contributed by atoms with Gasteiger partial charge < -0.3 is 9.88 Å². The summed E-state index contributed by atoms with van der Waals surface area (Å²) < 4.78 is 0. The van der Waals surface area contributed by atoms with Crippen molar-refractivity contribution in [1.82, 2.24) is 19.7 Å². The molecule has 5 nitrogen and oxygen atoms in total. The van der Waals surface area contributed by atoms with Gasteiger partial charge in [-0.1, -0.05) is 54.4 Å². The number of carbonyl (C=O) groups is 1. The maximum absolute atomic E-state index is 13.7. The number of hydrogen-bond donors (Lipinski definition) is 1. The van der Waals surface area contributed by atoms with Crippen LogP contribution in [0.25, 0.3) is 10.9 Å². The predicted molar refractivity (Wildman–Crippen MR) is 164 cm³/mol. The molecule has 2 aliphatic rings. The molecule has 2 aliphatic heterocycles. The van der Waals surface area contributed by atoms with Crippen LogP contribution in [0.2, 0.25) is 10.0 Å². The number of carbonyl (C=O) groups excluding carboxylic acids is 1. The highest BCUT2D eigenvalue weighted by Gasteiger charge is 2.29. The molecular formula is C29H38Cl4N4O. The van der Waals surface area contributed by atoms with Gasteiger partial charge in [0.2, 0.25) is 0 Å². The lowest BCUT2D eigenvalue weighted by Crippen LogP contribution is -2.51. The zero-order valence-corrected chi connectivity index (χ0v) is 25.2. The number of aromatic nitrogens is 1. The number of likely N-dealkylation sites (tertiary alicyclic amines) is 1. The number of aromatic amines is 1. The van der Waals surface area contributed by atoms with Crippen LogP contribution in [0.1, 0.15) is 60.6 Å². The third-order valence-corrected chi connectivity index (χ3v) is 8.88. The molecule has 1 N–H and O–H groups in total. The van der Waals surface area contributed by atoms with Gasteiger partial charge in [-0.3, -0.25) is 14.6 Å². The van der Waals surface area contributed by atoms with Gasteiger partial charge in [-0.25, -0.2) is 0 Å². The van der Waals surface area contributed by atoms with Crippen LogP contribution in [0, 0.1) is 0 Å². The standard InChI is InChI=1S/C29H36Cl2N4O.2ClH/c1-3-20(2)34-15-17-35(18-16-34)29(36)28-23(22-7-4-5-10-26(22)32-28)19-33-13-11-21(12-14-33)27-24(30)8-6-9-25(27)31;;/h4-10,20-21,32H,3,11-19H2,1-2H3;2*1H. The fraction of sp³-hybridized carbons (Fsp3) is 0.483. The van der Waals surface area contributed by atoms with Crippen LogP contribution in [0.5, 0.6) is 0 Å². The molecule has 1 unspecified atom stereocenters. The van der Waals surface area contributed by atoms with Gasteiger partial charge in [0.25, 0.3) is 5.91 Å². The molecule has 0 spiro atoms. The van der Waals surface area contributed by atoms with E-state index in [9.17, 15) is 4.79 Å². The zero-order valence-electron chi connectivity index (χ0n) is 22.1. The van der Waals surface area contributed by atoms with Gasteiger partial charge >= 0.3 is 0 Å². The summed E-state index contributed by atoms with van der Waals surface area (Å²) in [4.78, 5) is 24.2. The minimum atomic E-state index is 0. The van der Waals surface area contributed by atoms with Crippen molar-refractivity contribution in [3.05, 3.63) is 69.3 Å². The largest absolute Gasteiger partial charge is 0.350 e. The number of benzene rings is 2. The van der Waals surface area contributed by atoms with Gasteiger partial charge in [0, 0.05) is 65.3 Å². The number of halogens is 4. The second-order valence-corrected chi connectivity index (χ2v) is 11.1. The first-order chi connectivity index (χ1) is 17.5. The van der Waals surface area contributed by atoms with Crippen LogP contribution in [-0.2, 0) is 6.54 Å². The van der Waals surface area contributed by atoms with Gasteiger partial charge in [-0.05, 0) is 69.0 Å². The fourth-order valence-corrected chi connectivity index (χ4v) is 6.54. The van der Waals surface area contributed by atoms with Crippen molar-refractivity contribution in [2.75, 3.05) is 39.3 Å². The highest BCUT2D eigenvalue weighted by atomic mass is 35.5. The molecule has 0 aliphatic carbocycles. The summed E-state index contributed by atoms with van der Waals surface area (Å²) in [5.41, 5.74) is 3.99. The monoisotopic (exact) mass is 598 g/mol. The molecule has 0 bridgehead atoms. The SMILES string of the molecule is CCC(C)N1CCN(C(=O)c2[nH]c3ccccc3c2CN2CCC(c3c(Cl)cccc3Cl)CC2)CC1.Cl.Cl. The van der Waals surface area contributed by atoms with Crippen LogP contribution < -0.4 is 0 Å². The number of piperazine rings is 1. The number of hydrogen-bond acceptors (Lipinski definition) is 3. The molecule has 1 amide bonds. The molecule has 1 atom stereocenters. The van der Waals surface area contributed by atoms with Crippen LogP contribution in [0.15, 0.2) is 42.5 Å². The molecule has 3 heterocycles. The van der Waals surface area contributed by atoms with E-state index in [0.29, 0.717) is 12.0 Å². The second kappa shape index (κ2) is 13.7. The van der Waals surface area contributed by atoms with Crippen molar-refractivity contribution in [2.45, 2.75) is 51.6 Å². The third-order valence-electron chi connectivity index (χ3n) is 8.22. The van der Waals surface area contributed by atoms with Crippen LogP contribution in [-0.4, -0.2) is 70.9 Å². The molecule has 2 fully saturated rings. The van der Waals surface area contributed by atoms with Crippen molar-refractivity contribution < 1.29 is 4.79 Å². The Hall–Kier alpha value is -1.47. The minimum absolute atomic E-state index is 0. The summed E-state index contributed by atoms with van der Waals surface area (Å²) in [7, 11) is 0. The molecule has 1 aromatic heterocycles. The summed E-state index contributed by atoms with van der Waals surface area (Å²) >= 11 is 13.0. The molecule has 5 rings (SSSR count). The highest BCUT2D eigenvalue weighted by Crippen LogP contribution is 2.38. The predicted octanol–water partition coefficient (Wildman–Crippen LogP) is 7.25. The number of piperidine rings is 1. The number of fused-ring (bicyclic) bond motifs is 1. The number of nitrogens with zero attached hydrogens (tertiary/aromatic N) is 3. The number of amides is 1. The lowest BCUT2D eigenvalue weighted by atomic mass is 9.89. The Balaban J connectivity index is 0.00000200. The van der Waals surface area contributed by atoms with Gasteiger partial charge in [0.15, 0.2) is 0 Å². The van der Waals surface area contributed by atoms with Crippen LogP contribution in [0.3, 0.4) is 0 Å². The number of rotatable bonds is 6. The normalized spacial score (nSPS) is 18.2. The summed E-state index contributed by atoms with van der Waals surface area (Å²) in [6.07, 6.45) is 3.15. The first kappa shape index (κ1) is 31.1. The van der Waals surface area contributed by atoms with Gasteiger partial charge in [0.05, 0.1) is 0 Å². The zero-order chi connectivity index (χ0) is 25.2. The van der Waals surface area contributed by atoms with Crippen molar-refractivity contribution in [3.8, 4) is 0 Å². The van der Waals surface area contributed by atoms with Crippen molar-refractivity contribution in [3.63, 3.8) is 0 Å². The molecule has 2 aromatic carbocycles. The Morgan fingerprint density at radius 3 is 2.21 bits per heavy atom. The van der Waals surface area contributed by atoms with E-state index in [1.54, 1.807) is 0 Å². The number of nitrogens with one attached hydrogen (secondary N) is 1. The smallest absolute Gasteiger partial charge is 0.270 e. The maximum atomic E-state index is 13.7. The topological polar surface area (TPSA) is 42.6 Å². The maximum Gasteiger partial charge on any atom is 0.270 e. The Labute approximate surface area is 248 Å². The molecular weight excluding hydrogens is 562 g/mol. The molecule has 9 heteroatoms. The summed E-state index contributed by atoms with van der Waals surface area (Å²) in [5.74, 6) is 0.496. The Kier molecular flexibility index (Phi) is 11.2. The molecule has 3 aromatic rings. The van der Waals surface area contributed by atoms with Crippen molar-refractivity contribution in [1.29, 1.82) is 0 Å². The van der Waals surface area contributed by atoms with Crippen molar-refractivity contribution in [2.24, 2.45) is 0 Å². The van der Waals surface area contributed by atoms with E-state index in [1.807, 2.05) is 29.2 Å². The Morgan fingerprint density at radius 1 is 0.947 bits per heavy atom. The van der Waals surface area contributed by atoms with E-state index in [-0.39, 0.29) is 30.7 Å². The van der Waals surface area contributed by atoms with E-state index >= 15 is 0 Å². The highest BCUT2D eigenvalue weighted by molar-refractivity contribution is 6.36. The van der Waals surface area contributed by atoms with E-state index in [2.05, 4.69) is 46.8 Å². The van der Waals surface area contributed by atoms with E-state index in [0.717, 1.165) is 103 Å². The molecule has 2 saturated heterocycles. The minimum Gasteiger partial charge on any atom is -0.350 e. The third kappa shape index (κ3) is 6.46. The van der Waals surface area contributed by atoms with Gasteiger partial charge in [-0.15, -0.1) is 24.8 Å². The quantitative estimate of drug-likeness (QED) is 0.324. The fourth-order valence-electron chi connectivity index (χ4n) is 5.83. The molecule has 38 heavy (non-hydrogen) atoms. The van der Waals surface area contributed by atoms with Gasteiger partial charge in [0.1, 0.15) is 5.69 Å². The molecule has 0 saturated carbocycles. The second-order valence-electron chi connectivity index (χ2n) is 10.3. The van der Waals surface area contributed by atoms with Crippen LogP contribution in [0.4, 0.5) is 0 Å². The number of H-pyrrole nitrogens is 1. The lowest BCUT2D eigenvalue weighted by molar-refractivity contribution is 0.0573. The molecule has 208 valence electrons. The summed E-state index contributed by atoms with van der Waals surface area (Å²) in [6.45, 7) is 10.6. The Morgan fingerprint density at radius 2 is 1.58 bits per heavy atom. The van der Waals surface area contributed by atoms with E-state index in [1.165, 1.54) is 0 Å². The summed E-state index contributed by atoms with van der Waals surface area (Å²) in [6, 6.07) is 14.6.